The molecule has 5 rings (SSSR count). The summed E-state index contributed by atoms with van der Waals surface area (Å²) >= 11 is 0. The zero-order valence-electron chi connectivity index (χ0n) is 18.3. The Hall–Kier alpha value is -3.57. The Morgan fingerprint density at radius 3 is 2.25 bits per heavy atom. The third kappa shape index (κ3) is 3.99. The molecular formula is C27H27N3O2. The molecule has 1 fully saturated rings. The molecule has 0 aliphatic carbocycles. The van der Waals surface area contributed by atoms with Crippen LogP contribution in [0.25, 0.3) is 22.2 Å². The molecule has 5 nitrogen and oxygen atoms in total. The van der Waals surface area contributed by atoms with Gasteiger partial charge in [0.2, 0.25) is 0 Å². The molecule has 4 aromatic rings. The summed E-state index contributed by atoms with van der Waals surface area (Å²) in [7, 11) is 1.63. The first-order valence-corrected chi connectivity index (χ1v) is 11.0. The number of hydrogen-bond acceptors (Lipinski definition) is 4. The van der Waals surface area contributed by atoms with E-state index >= 15 is 0 Å². The van der Waals surface area contributed by atoms with Crippen LogP contribution >= 0.6 is 0 Å². The first-order valence-electron chi connectivity index (χ1n) is 11.0. The maximum Gasteiger partial charge on any atom is 0.194 e. The van der Waals surface area contributed by atoms with Gasteiger partial charge in [-0.15, -0.1) is 0 Å². The minimum atomic E-state index is 0.0713. The number of aromatic nitrogens is 1. The second-order valence-corrected chi connectivity index (χ2v) is 8.18. The summed E-state index contributed by atoms with van der Waals surface area (Å²) in [5.41, 5.74) is 4.89. The van der Waals surface area contributed by atoms with Gasteiger partial charge in [0.15, 0.2) is 5.43 Å². The van der Waals surface area contributed by atoms with Crippen molar-refractivity contribution in [3.05, 3.63) is 94.6 Å². The molecule has 2 heterocycles. The smallest absolute Gasteiger partial charge is 0.194 e. The van der Waals surface area contributed by atoms with E-state index in [2.05, 4.69) is 51.2 Å². The number of hydrogen-bond donors (Lipinski definition) is 1. The van der Waals surface area contributed by atoms with E-state index in [0.717, 1.165) is 48.5 Å². The molecule has 0 spiro atoms. The number of piperazine rings is 1. The zero-order chi connectivity index (χ0) is 21.9. The van der Waals surface area contributed by atoms with Crippen molar-refractivity contribution in [3.63, 3.8) is 0 Å². The normalized spacial score (nSPS) is 14.6. The van der Waals surface area contributed by atoms with Crippen molar-refractivity contribution >= 4 is 16.6 Å². The van der Waals surface area contributed by atoms with E-state index < -0.39 is 0 Å². The summed E-state index contributed by atoms with van der Waals surface area (Å²) in [5.74, 6) is 0.692. The third-order valence-electron chi connectivity index (χ3n) is 6.24. The molecule has 0 amide bonds. The van der Waals surface area contributed by atoms with Crippen LogP contribution in [0, 0.1) is 0 Å². The molecule has 0 unspecified atom stereocenters. The molecule has 5 heteroatoms. The predicted octanol–water partition coefficient (Wildman–Crippen LogP) is 4.53. The second-order valence-electron chi connectivity index (χ2n) is 8.18. The number of fused-ring (bicyclic) bond motifs is 1. The van der Waals surface area contributed by atoms with E-state index in [9.17, 15) is 4.79 Å². The minimum Gasteiger partial charge on any atom is -0.497 e. The highest BCUT2D eigenvalue weighted by Gasteiger charge is 2.21. The van der Waals surface area contributed by atoms with Crippen LogP contribution < -0.4 is 15.1 Å². The topological polar surface area (TPSA) is 48.6 Å². The Kier molecular flexibility index (Phi) is 5.65. The Labute approximate surface area is 187 Å². The Morgan fingerprint density at radius 2 is 1.56 bits per heavy atom. The van der Waals surface area contributed by atoms with Crippen LogP contribution in [0.5, 0.6) is 5.75 Å². The van der Waals surface area contributed by atoms with E-state index in [4.69, 9.17) is 4.74 Å². The van der Waals surface area contributed by atoms with E-state index in [-0.39, 0.29) is 5.43 Å². The van der Waals surface area contributed by atoms with Gasteiger partial charge in [-0.25, -0.2) is 0 Å². The zero-order valence-corrected chi connectivity index (χ0v) is 18.3. The molecule has 1 aromatic heterocycles. The monoisotopic (exact) mass is 425 g/mol. The summed E-state index contributed by atoms with van der Waals surface area (Å²) in [6.07, 6.45) is 0. The van der Waals surface area contributed by atoms with Gasteiger partial charge in [-0.2, -0.15) is 0 Å². The van der Waals surface area contributed by atoms with Crippen LogP contribution in [0.4, 0.5) is 5.69 Å². The molecule has 0 bridgehead atoms. The van der Waals surface area contributed by atoms with Crippen molar-refractivity contribution in [2.75, 3.05) is 38.2 Å². The summed E-state index contributed by atoms with van der Waals surface area (Å²) < 4.78 is 5.37. The van der Waals surface area contributed by atoms with Gasteiger partial charge < -0.3 is 14.6 Å². The highest BCUT2D eigenvalue weighted by atomic mass is 16.5. The summed E-state index contributed by atoms with van der Waals surface area (Å²) in [5, 5.41) is 0.668. The molecule has 162 valence electrons. The Bertz CT molecular complexity index is 1260. The predicted molar refractivity (Wildman–Crippen MR) is 130 cm³/mol. The van der Waals surface area contributed by atoms with E-state index in [1.807, 2.05) is 42.5 Å². The number of aromatic amines is 1. The molecule has 0 atom stereocenters. The highest BCUT2D eigenvalue weighted by Crippen LogP contribution is 2.26. The number of pyridine rings is 1. The number of anilines is 1. The lowest BCUT2D eigenvalue weighted by atomic mass is 10.0. The fourth-order valence-corrected chi connectivity index (χ4v) is 4.46. The number of H-pyrrole nitrogens is 1. The number of benzene rings is 3. The van der Waals surface area contributed by atoms with Gasteiger partial charge in [0.05, 0.1) is 18.3 Å². The second kappa shape index (κ2) is 8.89. The molecular weight excluding hydrogens is 398 g/mol. The van der Waals surface area contributed by atoms with Gasteiger partial charge in [-0.3, -0.25) is 9.69 Å². The minimum absolute atomic E-state index is 0.0713. The van der Waals surface area contributed by atoms with Crippen LogP contribution in [0.1, 0.15) is 5.56 Å². The first kappa shape index (κ1) is 20.3. The van der Waals surface area contributed by atoms with Crippen LogP contribution in [0.15, 0.2) is 83.7 Å². The fourth-order valence-electron chi connectivity index (χ4n) is 4.46. The van der Waals surface area contributed by atoms with Crippen molar-refractivity contribution in [2.45, 2.75) is 6.54 Å². The van der Waals surface area contributed by atoms with E-state index in [1.54, 1.807) is 7.11 Å². The van der Waals surface area contributed by atoms with Crippen molar-refractivity contribution < 1.29 is 4.74 Å². The van der Waals surface area contributed by atoms with Gasteiger partial charge in [0.1, 0.15) is 5.75 Å². The number of rotatable bonds is 5. The van der Waals surface area contributed by atoms with E-state index in [1.165, 1.54) is 5.69 Å². The number of para-hydroxylation sites is 1. The Balaban J connectivity index is 1.48. The van der Waals surface area contributed by atoms with Crippen molar-refractivity contribution in [2.24, 2.45) is 0 Å². The van der Waals surface area contributed by atoms with Crippen LogP contribution in [-0.4, -0.2) is 43.2 Å². The van der Waals surface area contributed by atoms with Gasteiger partial charge in [-0.05, 0) is 35.9 Å². The van der Waals surface area contributed by atoms with Crippen molar-refractivity contribution in [1.29, 1.82) is 0 Å². The average molecular weight is 426 g/mol. The SMILES string of the molecule is COc1ccc2[nH]c(-c3ccccc3)c(CN3CCN(c4ccccc4)CC3)c(=O)c2c1. The van der Waals surface area contributed by atoms with Crippen molar-refractivity contribution in [1.82, 2.24) is 9.88 Å². The lowest BCUT2D eigenvalue weighted by Gasteiger charge is -2.36. The van der Waals surface area contributed by atoms with Crippen LogP contribution in [0.3, 0.4) is 0 Å². The van der Waals surface area contributed by atoms with E-state index in [0.29, 0.717) is 17.7 Å². The van der Waals surface area contributed by atoms with Gasteiger partial charge >= 0.3 is 0 Å². The Morgan fingerprint density at radius 1 is 0.875 bits per heavy atom. The molecule has 1 N–H and O–H groups in total. The average Bonchev–Trinajstić information content (AvgIpc) is 2.87. The van der Waals surface area contributed by atoms with Crippen LogP contribution in [-0.2, 0) is 6.54 Å². The van der Waals surface area contributed by atoms with Crippen LogP contribution in [0.2, 0.25) is 0 Å². The molecule has 3 aromatic carbocycles. The molecule has 32 heavy (non-hydrogen) atoms. The molecule has 1 aliphatic heterocycles. The quantitative estimate of drug-likeness (QED) is 0.511. The standard InChI is InChI=1S/C27H27N3O2/c1-32-22-12-13-25-23(18-22)27(31)24(26(28-25)20-8-4-2-5-9-20)19-29-14-16-30(17-15-29)21-10-6-3-7-11-21/h2-13,18H,14-17,19H2,1H3,(H,28,31). The number of nitrogens with one attached hydrogen (secondary N) is 1. The maximum atomic E-state index is 13.6. The number of methoxy groups -OCH3 is 1. The molecule has 0 radical (unpaired) electrons. The third-order valence-corrected chi connectivity index (χ3v) is 6.24. The lowest BCUT2D eigenvalue weighted by Crippen LogP contribution is -2.46. The highest BCUT2D eigenvalue weighted by molar-refractivity contribution is 5.84. The van der Waals surface area contributed by atoms with Gasteiger partial charge in [-0.1, -0.05) is 48.5 Å². The molecule has 0 saturated carbocycles. The molecule has 1 aliphatic rings. The maximum absolute atomic E-state index is 13.6. The van der Waals surface area contributed by atoms with Gasteiger partial charge in [0.25, 0.3) is 0 Å². The lowest BCUT2D eigenvalue weighted by molar-refractivity contribution is 0.249. The first-order chi connectivity index (χ1) is 15.7. The van der Waals surface area contributed by atoms with Crippen molar-refractivity contribution in [3.8, 4) is 17.0 Å². The molecule has 1 saturated heterocycles. The number of ether oxygens (including phenoxy) is 1. The summed E-state index contributed by atoms with van der Waals surface area (Å²) in [6, 6.07) is 26.3. The fraction of sp³-hybridized carbons (Fsp3) is 0.222. The summed E-state index contributed by atoms with van der Waals surface area (Å²) in [4.78, 5) is 22.0. The largest absolute Gasteiger partial charge is 0.497 e. The summed E-state index contributed by atoms with van der Waals surface area (Å²) in [6.45, 7) is 4.35. The number of nitrogens with zero attached hydrogens (tertiary/aromatic N) is 2. The van der Waals surface area contributed by atoms with Gasteiger partial charge in [0, 0.05) is 49.4 Å².